The zero-order valence-electron chi connectivity index (χ0n) is 15.5. The van der Waals surface area contributed by atoms with Gasteiger partial charge in [0.15, 0.2) is 0 Å². The fraction of sp³-hybridized carbons (Fsp3) is 0.273. The molecule has 4 heteroatoms. The Morgan fingerprint density at radius 2 is 1.77 bits per heavy atom. The van der Waals surface area contributed by atoms with Gasteiger partial charge in [-0.1, -0.05) is 43.3 Å². The minimum Gasteiger partial charge on any atom is -0.321 e. The van der Waals surface area contributed by atoms with E-state index in [1.807, 2.05) is 69.3 Å². The number of hydrogen-bond acceptors (Lipinski definition) is 2. The second-order valence-corrected chi connectivity index (χ2v) is 6.68. The number of aromatic amines is 1. The van der Waals surface area contributed by atoms with E-state index in [0.29, 0.717) is 12.0 Å². The van der Waals surface area contributed by atoms with Gasteiger partial charge in [0.25, 0.3) is 5.56 Å². The van der Waals surface area contributed by atoms with Gasteiger partial charge in [-0.15, -0.1) is 0 Å². The molecule has 0 atom stereocenters. The monoisotopic (exact) mass is 348 g/mol. The Bertz CT molecular complexity index is 1000. The number of aromatic nitrogens is 1. The summed E-state index contributed by atoms with van der Waals surface area (Å²) in [7, 11) is 0. The van der Waals surface area contributed by atoms with Gasteiger partial charge in [-0.25, -0.2) is 0 Å². The van der Waals surface area contributed by atoms with Crippen LogP contribution in [-0.2, 0) is 11.3 Å². The summed E-state index contributed by atoms with van der Waals surface area (Å²) in [5, 5.41) is 0.979. The van der Waals surface area contributed by atoms with E-state index in [0.717, 1.165) is 34.1 Å². The normalized spacial score (nSPS) is 10.9. The predicted octanol–water partition coefficient (Wildman–Crippen LogP) is 4.48. The lowest BCUT2D eigenvalue weighted by Crippen LogP contribution is -2.33. The van der Waals surface area contributed by atoms with E-state index in [2.05, 4.69) is 4.98 Å². The number of aryl methyl sites for hydroxylation is 2. The number of anilines is 1. The van der Waals surface area contributed by atoms with Gasteiger partial charge in [-0.05, 0) is 48.9 Å². The van der Waals surface area contributed by atoms with Gasteiger partial charge in [-0.2, -0.15) is 0 Å². The van der Waals surface area contributed by atoms with Crippen molar-refractivity contribution in [2.75, 3.05) is 4.90 Å². The Hall–Kier alpha value is -2.88. The molecule has 0 aliphatic rings. The molecule has 1 aromatic heterocycles. The molecule has 0 spiro atoms. The van der Waals surface area contributed by atoms with E-state index in [9.17, 15) is 9.59 Å². The number of rotatable bonds is 5. The quantitative estimate of drug-likeness (QED) is 0.739. The molecule has 1 heterocycles. The molecule has 0 radical (unpaired) electrons. The second kappa shape index (κ2) is 7.56. The van der Waals surface area contributed by atoms with Crippen LogP contribution in [0.3, 0.4) is 0 Å². The van der Waals surface area contributed by atoms with Gasteiger partial charge < -0.3 is 9.88 Å². The number of carbonyl (C=O) groups is 1. The third kappa shape index (κ3) is 3.54. The van der Waals surface area contributed by atoms with Crippen LogP contribution in [0.15, 0.2) is 53.3 Å². The fourth-order valence-corrected chi connectivity index (χ4v) is 3.24. The first-order valence-corrected chi connectivity index (χ1v) is 8.98. The number of nitrogens with one attached hydrogen (secondary N) is 1. The lowest BCUT2D eigenvalue weighted by Gasteiger charge is -2.24. The molecule has 1 N–H and O–H groups in total. The Morgan fingerprint density at radius 1 is 1.04 bits per heavy atom. The summed E-state index contributed by atoms with van der Waals surface area (Å²) in [6.45, 7) is 6.21. The number of pyridine rings is 1. The molecular weight excluding hydrogens is 324 g/mol. The van der Waals surface area contributed by atoms with Crippen molar-refractivity contribution in [3.05, 3.63) is 75.6 Å². The van der Waals surface area contributed by atoms with Crippen molar-refractivity contribution in [3.63, 3.8) is 0 Å². The summed E-state index contributed by atoms with van der Waals surface area (Å²) in [6, 6.07) is 15.6. The number of hydrogen-bond donors (Lipinski definition) is 1. The van der Waals surface area contributed by atoms with E-state index in [-0.39, 0.29) is 18.0 Å². The average Bonchev–Trinajstić information content (AvgIpc) is 2.62. The van der Waals surface area contributed by atoms with Crippen LogP contribution in [0.5, 0.6) is 0 Å². The molecule has 26 heavy (non-hydrogen) atoms. The lowest BCUT2D eigenvalue weighted by atomic mass is 10.1. The number of benzene rings is 2. The minimum atomic E-state index is -0.144. The molecular formula is C22H24N2O2. The maximum atomic E-state index is 12.7. The van der Waals surface area contributed by atoms with E-state index in [4.69, 9.17) is 0 Å². The van der Waals surface area contributed by atoms with Crippen LogP contribution in [0.2, 0.25) is 0 Å². The number of nitrogens with zero attached hydrogens (tertiary/aromatic N) is 1. The molecule has 0 unspecified atom stereocenters. The Morgan fingerprint density at radius 3 is 2.50 bits per heavy atom. The highest BCUT2D eigenvalue weighted by atomic mass is 16.2. The summed E-state index contributed by atoms with van der Waals surface area (Å²) in [5.41, 5.74) is 4.21. The molecule has 0 saturated heterocycles. The molecule has 0 bridgehead atoms. The number of amides is 1. The first kappa shape index (κ1) is 17.9. The van der Waals surface area contributed by atoms with Gasteiger partial charge >= 0.3 is 0 Å². The van der Waals surface area contributed by atoms with Crippen molar-refractivity contribution in [1.29, 1.82) is 0 Å². The average molecular weight is 348 g/mol. The molecule has 134 valence electrons. The lowest BCUT2D eigenvalue weighted by molar-refractivity contribution is -0.118. The number of para-hydroxylation sites is 2. The van der Waals surface area contributed by atoms with Crippen molar-refractivity contribution in [2.24, 2.45) is 0 Å². The number of carbonyl (C=O) groups excluding carboxylic acids is 1. The van der Waals surface area contributed by atoms with Crippen LogP contribution in [0, 0.1) is 13.8 Å². The smallest absolute Gasteiger partial charge is 0.253 e. The third-order valence-electron chi connectivity index (χ3n) is 4.66. The molecule has 3 aromatic rings. The minimum absolute atomic E-state index is 0.0329. The standard InChI is InChI=1S/C22H24N2O2/c1-4-8-20(25)24(19-12-6-5-9-15(19)2)14-18-13-17-11-7-10-16(3)21(17)23-22(18)26/h5-7,9-13H,4,8,14H2,1-3H3,(H,23,26). The van der Waals surface area contributed by atoms with E-state index in [1.54, 1.807) is 4.90 Å². The SMILES string of the molecule is CCCC(=O)N(Cc1cc2cccc(C)c2[nH]c1=O)c1ccccc1C. The van der Waals surface area contributed by atoms with E-state index >= 15 is 0 Å². The Kier molecular flexibility index (Phi) is 5.21. The third-order valence-corrected chi connectivity index (χ3v) is 4.66. The maximum absolute atomic E-state index is 12.7. The predicted molar refractivity (Wildman–Crippen MR) is 107 cm³/mol. The van der Waals surface area contributed by atoms with E-state index in [1.165, 1.54) is 0 Å². The molecule has 2 aromatic carbocycles. The summed E-state index contributed by atoms with van der Waals surface area (Å²) < 4.78 is 0. The summed E-state index contributed by atoms with van der Waals surface area (Å²) >= 11 is 0. The summed E-state index contributed by atoms with van der Waals surface area (Å²) in [5.74, 6) is 0.0329. The van der Waals surface area contributed by atoms with E-state index < -0.39 is 0 Å². The van der Waals surface area contributed by atoms with Crippen LogP contribution in [-0.4, -0.2) is 10.9 Å². The van der Waals surface area contributed by atoms with Crippen LogP contribution >= 0.6 is 0 Å². The number of fused-ring (bicyclic) bond motifs is 1. The first-order valence-electron chi connectivity index (χ1n) is 8.98. The summed E-state index contributed by atoms with van der Waals surface area (Å²) in [4.78, 5) is 30.1. The van der Waals surface area contributed by atoms with Crippen molar-refractivity contribution >= 4 is 22.5 Å². The van der Waals surface area contributed by atoms with Crippen molar-refractivity contribution in [3.8, 4) is 0 Å². The van der Waals surface area contributed by atoms with Crippen LogP contribution in [0.1, 0.15) is 36.5 Å². The fourth-order valence-electron chi connectivity index (χ4n) is 3.24. The van der Waals surface area contributed by atoms with Gasteiger partial charge in [0, 0.05) is 17.7 Å². The second-order valence-electron chi connectivity index (χ2n) is 6.68. The topological polar surface area (TPSA) is 53.2 Å². The van der Waals surface area contributed by atoms with Crippen LogP contribution < -0.4 is 10.5 Å². The first-order chi connectivity index (χ1) is 12.5. The zero-order valence-corrected chi connectivity index (χ0v) is 15.5. The highest BCUT2D eigenvalue weighted by molar-refractivity contribution is 5.94. The molecule has 0 fully saturated rings. The van der Waals surface area contributed by atoms with Crippen molar-refractivity contribution in [2.45, 2.75) is 40.2 Å². The Balaban J connectivity index is 2.06. The maximum Gasteiger partial charge on any atom is 0.253 e. The summed E-state index contributed by atoms with van der Waals surface area (Å²) in [6.07, 6.45) is 1.23. The molecule has 0 aliphatic carbocycles. The molecule has 3 rings (SSSR count). The van der Waals surface area contributed by atoms with Crippen molar-refractivity contribution in [1.82, 2.24) is 4.98 Å². The van der Waals surface area contributed by atoms with Gasteiger partial charge in [0.05, 0.1) is 12.1 Å². The van der Waals surface area contributed by atoms with Gasteiger partial charge in [0.2, 0.25) is 5.91 Å². The molecule has 0 aliphatic heterocycles. The van der Waals surface area contributed by atoms with Gasteiger partial charge in [-0.3, -0.25) is 9.59 Å². The van der Waals surface area contributed by atoms with Crippen LogP contribution in [0.4, 0.5) is 5.69 Å². The highest BCUT2D eigenvalue weighted by Crippen LogP contribution is 2.23. The largest absolute Gasteiger partial charge is 0.321 e. The number of H-pyrrole nitrogens is 1. The molecule has 1 amide bonds. The Labute approximate surface area is 153 Å². The van der Waals surface area contributed by atoms with Gasteiger partial charge in [0.1, 0.15) is 0 Å². The molecule has 0 saturated carbocycles. The van der Waals surface area contributed by atoms with Crippen molar-refractivity contribution < 1.29 is 4.79 Å². The van der Waals surface area contributed by atoms with Crippen LogP contribution in [0.25, 0.3) is 10.9 Å². The highest BCUT2D eigenvalue weighted by Gasteiger charge is 2.19. The zero-order chi connectivity index (χ0) is 18.7. The molecule has 4 nitrogen and oxygen atoms in total.